The molecule has 0 radical (unpaired) electrons. The summed E-state index contributed by atoms with van der Waals surface area (Å²) in [4.78, 5) is 20.7. The number of amides is 1. The van der Waals surface area contributed by atoms with Gasteiger partial charge in [-0.05, 0) is 56.2 Å². The Bertz CT molecular complexity index is 684. The molecule has 160 valence electrons. The Labute approximate surface area is 175 Å². The molecule has 1 aliphatic heterocycles. The van der Waals surface area contributed by atoms with Crippen molar-refractivity contribution in [3.8, 4) is 0 Å². The lowest BCUT2D eigenvalue weighted by Crippen LogP contribution is -2.46. The summed E-state index contributed by atoms with van der Waals surface area (Å²) < 4.78 is 0. The molecule has 6 heteroatoms. The van der Waals surface area contributed by atoms with Crippen molar-refractivity contribution in [3.05, 3.63) is 35.9 Å². The van der Waals surface area contributed by atoms with Crippen LogP contribution in [0.3, 0.4) is 0 Å². The molecule has 1 aliphatic carbocycles. The van der Waals surface area contributed by atoms with Crippen LogP contribution in [0.2, 0.25) is 0 Å². The number of hydrogen-bond acceptors (Lipinski definition) is 3. The van der Waals surface area contributed by atoms with Gasteiger partial charge in [0.15, 0.2) is 5.96 Å². The third-order valence-corrected chi connectivity index (χ3v) is 6.29. The molecule has 1 aromatic rings. The summed E-state index contributed by atoms with van der Waals surface area (Å²) in [6.45, 7) is 6.44. The summed E-state index contributed by atoms with van der Waals surface area (Å²) in [5, 5.41) is 7.05. The number of nitrogens with zero attached hydrogens (tertiary/aromatic N) is 3. The van der Waals surface area contributed by atoms with Crippen LogP contribution in [0.5, 0.6) is 0 Å². The van der Waals surface area contributed by atoms with Crippen molar-refractivity contribution in [1.82, 2.24) is 20.4 Å². The van der Waals surface area contributed by atoms with E-state index >= 15 is 0 Å². The minimum Gasteiger partial charge on any atom is -0.356 e. The van der Waals surface area contributed by atoms with Gasteiger partial charge < -0.3 is 15.5 Å². The Kier molecular flexibility index (Phi) is 7.53. The molecular weight excluding hydrogens is 362 g/mol. The highest BCUT2D eigenvalue weighted by Gasteiger charge is 2.42. The van der Waals surface area contributed by atoms with Gasteiger partial charge in [0, 0.05) is 33.2 Å². The molecule has 1 aromatic carbocycles. The van der Waals surface area contributed by atoms with Crippen molar-refractivity contribution >= 4 is 11.9 Å². The first-order valence-corrected chi connectivity index (χ1v) is 11.0. The normalized spacial score (nSPS) is 21.1. The van der Waals surface area contributed by atoms with E-state index in [1.807, 2.05) is 0 Å². The van der Waals surface area contributed by atoms with Gasteiger partial charge in [-0.25, -0.2) is 4.99 Å². The molecule has 2 N–H and O–H groups in total. The molecule has 2 fully saturated rings. The molecule has 1 saturated heterocycles. The fourth-order valence-electron chi connectivity index (χ4n) is 4.11. The Hall–Kier alpha value is -2.08. The van der Waals surface area contributed by atoms with E-state index in [2.05, 4.69) is 57.8 Å². The fraction of sp³-hybridized carbons (Fsp3) is 0.652. The van der Waals surface area contributed by atoms with E-state index in [1.54, 1.807) is 19.0 Å². The number of aliphatic imine (C=N–C) groups is 1. The summed E-state index contributed by atoms with van der Waals surface area (Å²) in [6, 6.07) is 11.3. The van der Waals surface area contributed by atoms with Crippen LogP contribution >= 0.6 is 0 Å². The first-order valence-electron chi connectivity index (χ1n) is 11.0. The zero-order valence-corrected chi connectivity index (χ0v) is 18.3. The van der Waals surface area contributed by atoms with E-state index in [0.29, 0.717) is 11.5 Å². The SMILES string of the molecule is CCN1CCCC1CNC(=NCC(=O)N(C)C)NCC1(Cc2ccccc2)CC1. The minimum atomic E-state index is 0.0209. The third kappa shape index (κ3) is 6.46. The third-order valence-electron chi connectivity index (χ3n) is 6.29. The lowest BCUT2D eigenvalue weighted by Gasteiger charge is -2.25. The molecule has 0 aromatic heterocycles. The Morgan fingerprint density at radius 3 is 2.66 bits per heavy atom. The monoisotopic (exact) mass is 399 g/mol. The van der Waals surface area contributed by atoms with Crippen molar-refractivity contribution < 1.29 is 4.79 Å². The minimum absolute atomic E-state index is 0.0209. The number of rotatable bonds is 9. The van der Waals surface area contributed by atoms with E-state index in [1.165, 1.54) is 37.8 Å². The Balaban J connectivity index is 1.57. The highest BCUT2D eigenvalue weighted by Crippen LogP contribution is 2.47. The lowest BCUT2D eigenvalue weighted by atomic mass is 9.96. The van der Waals surface area contributed by atoms with Gasteiger partial charge in [-0.15, -0.1) is 0 Å². The number of guanidine groups is 1. The van der Waals surface area contributed by atoms with Gasteiger partial charge in [0.2, 0.25) is 5.91 Å². The van der Waals surface area contributed by atoms with Gasteiger partial charge in [0.05, 0.1) is 0 Å². The van der Waals surface area contributed by atoms with Crippen LogP contribution in [0.15, 0.2) is 35.3 Å². The highest BCUT2D eigenvalue weighted by atomic mass is 16.2. The largest absolute Gasteiger partial charge is 0.356 e. The second kappa shape index (κ2) is 10.1. The number of carbonyl (C=O) groups is 1. The van der Waals surface area contributed by atoms with Crippen LogP contribution in [0, 0.1) is 5.41 Å². The molecular formula is C23H37N5O. The van der Waals surface area contributed by atoms with Crippen LogP contribution < -0.4 is 10.6 Å². The zero-order valence-electron chi connectivity index (χ0n) is 18.3. The number of carbonyl (C=O) groups excluding carboxylic acids is 1. The van der Waals surface area contributed by atoms with Crippen molar-refractivity contribution in [3.63, 3.8) is 0 Å². The number of benzene rings is 1. The van der Waals surface area contributed by atoms with Gasteiger partial charge in [-0.2, -0.15) is 0 Å². The van der Waals surface area contributed by atoms with Crippen molar-refractivity contribution in [2.24, 2.45) is 10.4 Å². The summed E-state index contributed by atoms with van der Waals surface area (Å²) in [6.07, 6.45) is 6.06. The van der Waals surface area contributed by atoms with Crippen LogP contribution in [-0.4, -0.2) is 74.5 Å². The molecule has 0 spiro atoms. The molecule has 29 heavy (non-hydrogen) atoms. The maximum Gasteiger partial charge on any atom is 0.243 e. The van der Waals surface area contributed by atoms with Crippen molar-refractivity contribution in [1.29, 1.82) is 0 Å². The lowest BCUT2D eigenvalue weighted by molar-refractivity contribution is -0.127. The second-order valence-electron chi connectivity index (χ2n) is 8.77. The highest BCUT2D eigenvalue weighted by molar-refractivity contribution is 5.84. The van der Waals surface area contributed by atoms with Gasteiger partial charge >= 0.3 is 0 Å². The average molecular weight is 400 g/mol. The fourth-order valence-corrected chi connectivity index (χ4v) is 4.11. The van der Waals surface area contributed by atoms with E-state index in [4.69, 9.17) is 0 Å². The standard InChI is InChI=1S/C23H37N5O/c1-4-28-14-8-11-20(28)16-24-22(25-17-21(29)27(2)3)26-18-23(12-13-23)15-19-9-6-5-7-10-19/h5-7,9-10,20H,4,8,11-18H2,1-3H3,(H2,24,25,26). The van der Waals surface area contributed by atoms with Gasteiger partial charge in [-0.1, -0.05) is 37.3 Å². The maximum atomic E-state index is 12.0. The van der Waals surface area contributed by atoms with Crippen LogP contribution in [0.25, 0.3) is 0 Å². The molecule has 1 unspecified atom stereocenters. The Morgan fingerprint density at radius 2 is 2.00 bits per heavy atom. The maximum absolute atomic E-state index is 12.0. The van der Waals surface area contributed by atoms with Crippen molar-refractivity contribution in [2.75, 3.05) is 46.8 Å². The molecule has 1 atom stereocenters. The number of nitrogens with one attached hydrogen (secondary N) is 2. The van der Waals surface area contributed by atoms with Crippen LogP contribution in [0.1, 0.15) is 38.2 Å². The summed E-state index contributed by atoms with van der Waals surface area (Å²) in [7, 11) is 3.55. The molecule has 6 nitrogen and oxygen atoms in total. The molecule has 1 heterocycles. The van der Waals surface area contributed by atoms with Gasteiger partial charge in [0.1, 0.15) is 6.54 Å². The molecule has 1 saturated carbocycles. The molecule has 1 amide bonds. The predicted molar refractivity (Wildman–Crippen MR) is 119 cm³/mol. The van der Waals surface area contributed by atoms with E-state index in [-0.39, 0.29) is 12.5 Å². The van der Waals surface area contributed by atoms with Crippen LogP contribution in [0.4, 0.5) is 0 Å². The summed E-state index contributed by atoms with van der Waals surface area (Å²) in [5.41, 5.74) is 1.71. The van der Waals surface area contributed by atoms with E-state index < -0.39 is 0 Å². The van der Waals surface area contributed by atoms with Crippen molar-refractivity contribution in [2.45, 2.75) is 45.1 Å². The number of likely N-dealkylation sites (N-methyl/N-ethyl adjacent to an activating group) is 2. The summed E-state index contributed by atoms with van der Waals surface area (Å²) >= 11 is 0. The molecule has 3 rings (SSSR count). The van der Waals surface area contributed by atoms with E-state index in [9.17, 15) is 4.79 Å². The number of hydrogen-bond donors (Lipinski definition) is 2. The first kappa shape index (κ1) is 21.6. The van der Waals surface area contributed by atoms with E-state index in [0.717, 1.165) is 32.0 Å². The van der Waals surface area contributed by atoms with Gasteiger partial charge in [0.25, 0.3) is 0 Å². The first-order chi connectivity index (χ1) is 14.0. The molecule has 2 aliphatic rings. The average Bonchev–Trinajstić information content (AvgIpc) is 3.33. The number of likely N-dealkylation sites (tertiary alicyclic amines) is 1. The second-order valence-corrected chi connectivity index (χ2v) is 8.77. The zero-order chi connectivity index (χ0) is 20.7. The quantitative estimate of drug-likeness (QED) is 0.493. The van der Waals surface area contributed by atoms with Crippen LogP contribution in [-0.2, 0) is 11.2 Å². The smallest absolute Gasteiger partial charge is 0.243 e. The molecule has 0 bridgehead atoms. The van der Waals surface area contributed by atoms with Gasteiger partial charge in [-0.3, -0.25) is 9.69 Å². The Morgan fingerprint density at radius 1 is 1.24 bits per heavy atom. The predicted octanol–water partition coefficient (Wildman–Crippen LogP) is 2.12. The topological polar surface area (TPSA) is 60.0 Å². The summed E-state index contributed by atoms with van der Waals surface area (Å²) in [5.74, 6) is 0.787.